The largest absolute Gasteiger partial charge is 0.393 e. The number of aliphatic hydroxyl groups is 1. The fourth-order valence-corrected chi connectivity index (χ4v) is 4.23. The second-order valence-electron chi connectivity index (χ2n) is 7.20. The zero-order chi connectivity index (χ0) is 13.1. The minimum Gasteiger partial charge on any atom is -0.393 e. The number of aliphatic hydroxyl groups excluding tert-OH is 1. The van der Waals surface area contributed by atoms with Crippen LogP contribution in [0.5, 0.6) is 0 Å². The molecule has 0 bridgehead atoms. The summed E-state index contributed by atoms with van der Waals surface area (Å²) in [6.45, 7) is 0. The van der Waals surface area contributed by atoms with E-state index in [-0.39, 0.29) is 6.10 Å². The highest BCUT2D eigenvalue weighted by molar-refractivity contribution is 4.91. The molecule has 3 fully saturated rings. The molecule has 1 aliphatic heterocycles. The van der Waals surface area contributed by atoms with Crippen molar-refractivity contribution in [1.82, 2.24) is 0 Å². The summed E-state index contributed by atoms with van der Waals surface area (Å²) in [5.74, 6) is 1.88. The van der Waals surface area contributed by atoms with Gasteiger partial charge in [-0.1, -0.05) is 32.1 Å². The van der Waals surface area contributed by atoms with Gasteiger partial charge in [0.2, 0.25) is 0 Å². The Bertz CT molecular complexity index is 270. The van der Waals surface area contributed by atoms with Gasteiger partial charge in [-0.05, 0) is 56.8 Å². The number of fused-ring (bicyclic) bond motifs is 1. The van der Waals surface area contributed by atoms with Crippen LogP contribution in [0, 0.1) is 11.8 Å². The van der Waals surface area contributed by atoms with Gasteiger partial charge in [0.1, 0.15) is 0 Å². The van der Waals surface area contributed by atoms with Crippen molar-refractivity contribution in [3.05, 3.63) is 0 Å². The van der Waals surface area contributed by atoms with Crippen molar-refractivity contribution in [1.29, 1.82) is 0 Å². The van der Waals surface area contributed by atoms with Crippen molar-refractivity contribution in [3.63, 3.8) is 0 Å². The highest BCUT2D eigenvalue weighted by Crippen LogP contribution is 2.41. The minimum absolute atomic E-state index is 0.0102. The van der Waals surface area contributed by atoms with E-state index in [9.17, 15) is 5.11 Å². The predicted molar refractivity (Wildman–Crippen MR) is 77.1 cm³/mol. The molecule has 0 radical (unpaired) electrons. The van der Waals surface area contributed by atoms with Crippen molar-refractivity contribution < 1.29 is 9.84 Å². The number of unbranched alkanes of at least 4 members (excludes halogenated alkanes) is 2. The summed E-state index contributed by atoms with van der Waals surface area (Å²) in [7, 11) is 0. The normalized spacial score (nSPS) is 41.8. The van der Waals surface area contributed by atoms with Crippen molar-refractivity contribution in [3.8, 4) is 0 Å². The molecule has 3 atom stereocenters. The summed E-state index contributed by atoms with van der Waals surface area (Å²) in [6.07, 6.45) is 17.2. The van der Waals surface area contributed by atoms with E-state index in [4.69, 9.17) is 4.74 Å². The van der Waals surface area contributed by atoms with Gasteiger partial charge in [-0.2, -0.15) is 0 Å². The van der Waals surface area contributed by atoms with E-state index in [1.165, 1.54) is 64.2 Å². The smallest absolute Gasteiger partial charge is 0.0844 e. The molecule has 1 heterocycles. The Morgan fingerprint density at radius 2 is 1.42 bits per heavy atom. The van der Waals surface area contributed by atoms with E-state index in [2.05, 4.69) is 0 Å². The highest BCUT2D eigenvalue weighted by atomic mass is 16.6. The molecule has 3 unspecified atom stereocenters. The first-order valence-corrected chi connectivity index (χ1v) is 8.65. The Morgan fingerprint density at radius 3 is 2.16 bits per heavy atom. The van der Waals surface area contributed by atoms with Crippen LogP contribution in [0.1, 0.15) is 77.0 Å². The van der Waals surface area contributed by atoms with Crippen LogP contribution in [0.15, 0.2) is 0 Å². The summed E-state index contributed by atoms with van der Waals surface area (Å²) < 4.78 is 5.60. The quantitative estimate of drug-likeness (QED) is 0.581. The molecule has 1 saturated heterocycles. The summed E-state index contributed by atoms with van der Waals surface area (Å²) in [5, 5.41) is 9.50. The Kier molecular flexibility index (Phi) is 4.81. The average molecular weight is 266 g/mol. The van der Waals surface area contributed by atoms with Crippen LogP contribution < -0.4 is 0 Å². The topological polar surface area (TPSA) is 32.8 Å². The predicted octanol–water partition coefficient (Wildman–Crippen LogP) is 4.06. The third kappa shape index (κ3) is 4.19. The maximum atomic E-state index is 9.50. The summed E-state index contributed by atoms with van der Waals surface area (Å²) >= 11 is 0. The Labute approximate surface area is 117 Å². The standard InChI is InChI=1S/C17H30O2/c18-15-9-6-13(7-10-15)4-2-1-3-5-14-8-11-16-17(12-14)19-16/h13-18H,1-12H2. The molecule has 1 N–H and O–H groups in total. The zero-order valence-electron chi connectivity index (χ0n) is 12.2. The molecule has 2 heteroatoms. The van der Waals surface area contributed by atoms with E-state index >= 15 is 0 Å². The first-order valence-electron chi connectivity index (χ1n) is 8.65. The number of hydrogen-bond acceptors (Lipinski definition) is 2. The van der Waals surface area contributed by atoms with Gasteiger partial charge in [-0.3, -0.25) is 0 Å². The Hall–Kier alpha value is -0.0800. The van der Waals surface area contributed by atoms with Crippen molar-refractivity contribution in [2.75, 3.05) is 0 Å². The third-order valence-electron chi connectivity index (χ3n) is 5.65. The van der Waals surface area contributed by atoms with Crippen LogP contribution in [-0.4, -0.2) is 23.4 Å². The second-order valence-corrected chi connectivity index (χ2v) is 7.20. The maximum absolute atomic E-state index is 9.50. The number of hydrogen-bond donors (Lipinski definition) is 1. The summed E-state index contributed by atoms with van der Waals surface area (Å²) in [4.78, 5) is 0. The Balaban J connectivity index is 1.19. The lowest BCUT2D eigenvalue weighted by molar-refractivity contribution is 0.106. The molecular formula is C17H30O2. The van der Waals surface area contributed by atoms with E-state index < -0.39 is 0 Å². The van der Waals surface area contributed by atoms with Gasteiger partial charge in [0.25, 0.3) is 0 Å². The van der Waals surface area contributed by atoms with Gasteiger partial charge in [0, 0.05) is 0 Å². The van der Waals surface area contributed by atoms with Gasteiger partial charge in [-0.25, -0.2) is 0 Å². The highest BCUT2D eigenvalue weighted by Gasteiger charge is 2.43. The molecule has 0 aromatic carbocycles. The lowest BCUT2D eigenvalue weighted by Gasteiger charge is -2.25. The number of rotatable bonds is 6. The van der Waals surface area contributed by atoms with E-state index in [1.54, 1.807) is 0 Å². The SMILES string of the molecule is OC1CCC(CCCCCC2CCC3OC3C2)CC1. The molecule has 0 aromatic heterocycles. The molecule has 3 rings (SSSR count). The zero-order valence-corrected chi connectivity index (χ0v) is 12.2. The van der Waals surface area contributed by atoms with Crippen molar-refractivity contribution in [2.24, 2.45) is 11.8 Å². The van der Waals surface area contributed by atoms with E-state index in [1.807, 2.05) is 0 Å². The van der Waals surface area contributed by atoms with Crippen molar-refractivity contribution in [2.45, 2.75) is 95.4 Å². The van der Waals surface area contributed by atoms with Crippen LogP contribution in [-0.2, 0) is 4.74 Å². The molecule has 3 aliphatic rings. The fraction of sp³-hybridized carbons (Fsp3) is 1.00. The van der Waals surface area contributed by atoms with Gasteiger partial charge in [-0.15, -0.1) is 0 Å². The lowest BCUT2D eigenvalue weighted by Crippen LogP contribution is -2.18. The van der Waals surface area contributed by atoms with Crippen LogP contribution in [0.2, 0.25) is 0 Å². The fourth-order valence-electron chi connectivity index (χ4n) is 4.23. The molecule has 2 saturated carbocycles. The van der Waals surface area contributed by atoms with Crippen LogP contribution in [0.4, 0.5) is 0 Å². The van der Waals surface area contributed by atoms with Crippen LogP contribution >= 0.6 is 0 Å². The van der Waals surface area contributed by atoms with E-state index in [0.717, 1.165) is 24.7 Å². The molecular weight excluding hydrogens is 236 g/mol. The van der Waals surface area contributed by atoms with Gasteiger partial charge in [0.05, 0.1) is 18.3 Å². The molecule has 0 spiro atoms. The first-order chi connectivity index (χ1) is 9.31. The molecule has 0 aromatic rings. The summed E-state index contributed by atoms with van der Waals surface area (Å²) in [5.41, 5.74) is 0. The van der Waals surface area contributed by atoms with Gasteiger partial charge in [0.15, 0.2) is 0 Å². The monoisotopic (exact) mass is 266 g/mol. The number of ether oxygens (including phenoxy) is 1. The third-order valence-corrected chi connectivity index (χ3v) is 5.65. The molecule has 110 valence electrons. The minimum atomic E-state index is 0.0102. The second kappa shape index (κ2) is 6.58. The van der Waals surface area contributed by atoms with E-state index in [0.29, 0.717) is 12.2 Å². The first kappa shape index (κ1) is 13.9. The lowest BCUT2D eigenvalue weighted by atomic mass is 9.83. The van der Waals surface area contributed by atoms with Crippen LogP contribution in [0.3, 0.4) is 0 Å². The Morgan fingerprint density at radius 1 is 0.737 bits per heavy atom. The summed E-state index contributed by atoms with van der Waals surface area (Å²) in [6, 6.07) is 0. The van der Waals surface area contributed by atoms with Gasteiger partial charge < -0.3 is 9.84 Å². The maximum Gasteiger partial charge on any atom is 0.0844 e. The molecule has 2 nitrogen and oxygen atoms in total. The molecule has 19 heavy (non-hydrogen) atoms. The number of epoxide rings is 1. The molecule has 2 aliphatic carbocycles. The van der Waals surface area contributed by atoms with Gasteiger partial charge >= 0.3 is 0 Å². The van der Waals surface area contributed by atoms with Crippen molar-refractivity contribution >= 4 is 0 Å². The van der Waals surface area contributed by atoms with Crippen LogP contribution in [0.25, 0.3) is 0 Å². The molecule has 0 amide bonds. The average Bonchev–Trinajstić information content (AvgIpc) is 3.19.